The average molecular weight is 294 g/mol. The van der Waals surface area contributed by atoms with Crippen molar-refractivity contribution in [2.24, 2.45) is 0 Å². The van der Waals surface area contributed by atoms with Crippen LogP contribution in [0.4, 0.5) is 5.69 Å². The number of nitriles is 1. The Kier molecular flexibility index (Phi) is 3.68. The summed E-state index contributed by atoms with van der Waals surface area (Å²) in [4.78, 5) is 15.6. The Labute approximate surface area is 128 Å². The molecule has 0 radical (unpaired) electrons. The molecule has 4 heteroatoms. The van der Waals surface area contributed by atoms with Gasteiger partial charge >= 0.3 is 0 Å². The number of hydrogen-bond acceptors (Lipinski definition) is 3. The Hall–Kier alpha value is -2.25. The van der Waals surface area contributed by atoms with Crippen molar-refractivity contribution >= 4 is 23.4 Å². The third-order valence-electron chi connectivity index (χ3n) is 3.71. The highest BCUT2D eigenvalue weighted by Crippen LogP contribution is 2.40. The third-order valence-corrected chi connectivity index (χ3v) is 4.90. The lowest BCUT2D eigenvalue weighted by atomic mass is 9.99. The first-order valence-corrected chi connectivity index (χ1v) is 7.69. The molecule has 0 spiro atoms. The summed E-state index contributed by atoms with van der Waals surface area (Å²) in [5.41, 5.74) is 2.28. The zero-order valence-corrected chi connectivity index (χ0v) is 12.4. The summed E-state index contributed by atoms with van der Waals surface area (Å²) in [6, 6.07) is 17.4. The second-order valence-corrected chi connectivity index (χ2v) is 5.99. The minimum atomic E-state index is -0.136. The molecule has 1 unspecified atom stereocenters. The number of thioether (sulfide) groups is 1. The van der Waals surface area contributed by atoms with Crippen molar-refractivity contribution in [3.63, 3.8) is 0 Å². The van der Waals surface area contributed by atoms with Crippen molar-refractivity contribution in [1.82, 2.24) is 0 Å². The minimum absolute atomic E-state index is 0.0372. The Balaban J connectivity index is 1.92. The van der Waals surface area contributed by atoms with Gasteiger partial charge in [0.1, 0.15) is 6.07 Å². The SMILES string of the molecule is CN(C(=O)C1CSc2ccccc21)c1ccccc1C#N. The molecule has 0 N–H and O–H groups in total. The predicted octanol–water partition coefficient (Wildman–Crippen LogP) is 3.41. The van der Waals surface area contributed by atoms with Crippen LogP contribution in [0.2, 0.25) is 0 Å². The van der Waals surface area contributed by atoms with E-state index >= 15 is 0 Å². The van der Waals surface area contributed by atoms with Crippen LogP contribution in [0.25, 0.3) is 0 Å². The number of benzene rings is 2. The van der Waals surface area contributed by atoms with Crippen molar-refractivity contribution in [2.75, 3.05) is 17.7 Å². The van der Waals surface area contributed by atoms with Crippen LogP contribution >= 0.6 is 11.8 Å². The molecule has 0 fully saturated rings. The lowest BCUT2D eigenvalue weighted by Gasteiger charge is -2.22. The van der Waals surface area contributed by atoms with Gasteiger partial charge in [-0.1, -0.05) is 30.3 Å². The van der Waals surface area contributed by atoms with Crippen molar-refractivity contribution in [1.29, 1.82) is 5.26 Å². The highest BCUT2D eigenvalue weighted by molar-refractivity contribution is 7.99. The number of para-hydroxylation sites is 1. The second-order valence-electron chi connectivity index (χ2n) is 4.93. The fraction of sp³-hybridized carbons (Fsp3) is 0.176. The maximum atomic E-state index is 12.8. The molecular weight excluding hydrogens is 280 g/mol. The van der Waals surface area contributed by atoms with Crippen LogP contribution in [-0.2, 0) is 4.79 Å². The molecule has 3 rings (SSSR count). The van der Waals surface area contributed by atoms with Crippen molar-refractivity contribution < 1.29 is 4.79 Å². The van der Waals surface area contributed by atoms with E-state index in [1.807, 2.05) is 30.3 Å². The van der Waals surface area contributed by atoms with Gasteiger partial charge in [-0.3, -0.25) is 4.79 Å². The molecule has 3 nitrogen and oxygen atoms in total. The molecule has 2 aromatic carbocycles. The molecule has 0 aliphatic carbocycles. The Morgan fingerprint density at radius 1 is 1.24 bits per heavy atom. The van der Waals surface area contributed by atoms with Gasteiger partial charge in [-0.25, -0.2) is 0 Å². The van der Waals surface area contributed by atoms with Gasteiger partial charge in [0.25, 0.3) is 0 Å². The van der Waals surface area contributed by atoms with Gasteiger partial charge in [0.05, 0.1) is 17.2 Å². The van der Waals surface area contributed by atoms with E-state index in [0.717, 1.165) is 11.3 Å². The van der Waals surface area contributed by atoms with Crippen LogP contribution in [0.15, 0.2) is 53.4 Å². The molecule has 1 amide bonds. The molecule has 1 atom stereocenters. The van der Waals surface area contributed by atoms with E-state index in [4.69, 9.17) is 0 Å². The minimum Gasteiger partial charge on any atom is -0.314 e. The van der Waals surface area contributed by atoms with Crippen LogP contribution in [-0.4, -0.2) is 18.7 Å². The first kappa shape index (κ1) is 13.7. The number of amides is 1. The van der Waals surface area contributed by atoms with Crippen molar-refractivity contribution in [3.8, 4) is 6.07 Å². The summed E-state index contributed by atoms with van der Waals surface area (Å²) >= 11 is 1.71. The molecule has 1 aliphatic heterocycles. The van der Waals surface area contributed by atoms with Crippen LogP contribution in [0.1, 0.15) is 17.0 Å². The first-order valence-electron chi connectivity index (χ1n) is 6.71. The van der Waals surface area contributed by atoms with Crippen LogP contribution in [0, 0.1) is 11.3 Å². The van der Waals surface area contributed by atoms with Crippen LogP contribution < -0.4 is 4.90 Å². The smallest absolute Gasteiger partial charge is 0.235 e. The van der Waals surface area contributed by atoms with E-state index in [2.05, 4.69) is 12.1 Å². The van der Waals surface area contributed by atoms with Crippen LogP contribution in [0.5, 0.6) is 0 Å². The summed E-state index contributed by atoms with van der Waals surface area (Å²) in [7, 11) is 1.74. The summed E-state index contributed by atoms with van der Waals surface area (Å²) in [6.45, 7) is 0. The predicted molar refractivity (Wildman–Crippen MR) is 84.5 cm³/mol. The van der Waals surface area contributed by atoms with Gasteiger partial charge in [-0.05, 0) is 23.8 Å². The summed E-state index contributed by atoms with van der Waals surface area (Å²) in [5, 5.41) is 9.18. The number of nitrogens with zero attached hydrogens (tertiary/aromatic N) is 2. The van der Waals surface area contributed by atoms with Gasteiger partial charge in [-0.15, -0.1) is 11.8 Å². The second kappa shape index (κ2) is 5.63. The highest BCUT2D eigenvalue weighted by Gasteiger charge is 2.31. The van der Waals surface area contributed by atoms with E-state index in [1.165, 1.54) is 4.90 Å². The average Bonchev–Trinajstić information content (AvgIpc) is 2.97. The molecule has 0 bridgehead atoms. The van der Waals surface area contributed by atoms with E-state index in [9.17, 15) is 10.1 Å². The molecule has 1 aliphatic rings. The van der Waals surface area contributed by atoms with Gasteiger partial charge in [-0.2, -0.15) is 5.26 Å². The van der Waals surface area contributed by atoms with Gasteiger partial charge in [0, 0.05) is 17.7 Å². The fourth-order valence-corrected chi connectivity index (χ4v) is 3.80. The van der Waals surface area contributed by atoms with Gasteiger partial charge < -0.3 is 4.90 Å². The van der Waals surface area contributed by atoms with E-state index in [0.29, 0.717) is 11.3 Å². The summed E-state index contributed by atoms with van der Waals surface area (Å²) < 4.78 is 0. The molecular formula is C17H14N2OS. The van der Waals surface area contributed by atoms with E-state index in [1.54, 1.807) is 35.8 Å². The molecule has 0 aromatic heterocycles. The number of fused-ring (bicyclic) bond motifs is 1. The Bertz CT molecular complexity index is 736. The quantitative estimate of drug-likeness (QED) is 0.852. The standard InChI is InChI=1S/C17H14N2OS/c1-19(15-8-4-2-6-12(15)10-18)17(20)14-11-21-16-9-5-3-7-13(14)16/h2-9,14H,11H2,1H3. The maximum Gasteiger partial charge on any atom is 0.235 e. The largest absolute Gasteiger partial charge is 0.314 e. The Morgan fingerprint density at radius 3 is 2.76 bits per heavy atom. The fourth-order valence-electron chi connectivity index (χ4n) is 2.58. The normalized spacial score (nSPS) is 16.1. The first-order chi connectivity index (χ1) is 10.2. The number of carbonyl (C=O) groups is 1. The monoisotopic (exact) mass is 294 g/mol. The van der Waals surface area contributed by atoms with Gasteiger partial charge in [0.2, 0.25) is 5.91 Å². The number of rotatable bonds is 2. The molecule has 0 saturated heterocycles. The van der Waals surface area contributed by atoms with Crippen LogP contribution in [0.3, 0.4) is 0 Å². The summed E-state index contributed by atoms with van der Waals surface area (Å²) in [5.74, 6) is 0.662. The number of likely N-dealkylation sites (N-methyl/N-ethyl adjacent to an activating group) is 1. The van der Waals surface area contributed by atoms with E-state index < -0.39 is 0 Å². The number of anilines is 1. The van der Waals surface area contributed by atoms with E-state index in [-0.39, 0.29) is 11.8 Å². The molecule has 2 aromatic rings. The molecule has 104 valence electrons. The maximum absolute atomic E-state index is 12.8. The molecule has 21 heavy (non-hydrogen) atoms. The molecule has 1 heterocycles. The third kappa shape index (κ3) is 2.41. The number of carbonyl (C=O) groups excluding carboxylic acids is 1. The van der Waals surface area contributed by atoms with Crippen molar-refractivity contribution in [2.45, 2.75) is 10.8 Å². The number of hydrogen-bond donors (Lipinski definition) is 0. The van der Waals surface area contributed by atoms with Crippen molar-refractivity contribution in [3.05, 3.63) is 59.7 Å². The zero-order chi connectivity index (χ0) is 14.8. The Morgan fingerprint density at radius 2 is 1.95 bits per heavy atom. The topological polar surface area (TPSA) is 44.1 Å². The zero-order valence-electron chi connectivity index (χ0n) is 11.6. The highest BCUT2D eigenvalue weighted by atomic mass is 32.2. The lowest BCUT2D eigenvalue weighted by molar-refractivity contribution is -0.119. The molecule has 0 saturated carbocycles. The summed E-state index contributed by atoms with van der Waals surface area (Å²) in [6.07, 6.45) is 0. The van der Waals surface area contributed by atoms with Gasteiger partial charge in [0.15, 0.2) is 0 Å². The lowest BCUT2D eigenvalue weighted by Crippen LogP contribution is -2.32.